The van der Waals surface area contributed by atoms with Crippen molar-refractivity contribution in [3.63, 3.8) is 0 Å². The van der Waals surface area contributed by atoms with Crippen molar-refractivity contribution in [3.8, 4) is 0 Å². The van der Waals surface area contributed by atoms with E-state index in [4.69, 9.17) is 5.73 Å². The summed E-state index contributed by atoms with van der Waals surface area (Å²) >= 11 is 1.74. The summed E-state index contributed by atoms with van der Waals surface area (Å²) in [7, 11) is 0. The smallest absolute Gasteiger partial charge is 0.109 e. The van der Waals surface area contributed by atoms with Gasteiger partial charge < -0.3 is 5.73 Å². The standard InChI is InChI=1S/C10H17N3S/c1-8(10-12-3-5-14-10)13-4-2-9(6-11)7-13/h3,5,8-9H,2,4,6-7,11H2,1H3/t8-,9+/m1/s1. The van der Waals surface area contributed by atoms with E-state index in [2.05, 4.69) is 16.8 Å². The van der Waals surface area contributed by atoms with E-state index in [9.17, 15) is 0 Å². The van der Waals surface area contributed by atoms with Crippen LogP contribution in [0.3, 0.4) is 0 Å². The summed E-state index contributed by atoms with van der Waals surface area (Å²) in [6.45, 7) is 5.36. The fraction of sp³-hybridized carbons (Fsp3) is 0.700. The van der Waals surface area contributed by atoms with Gasteiger partial charge in [0, 0.05) is 18.1 Å². The summed E-state index contributed by atoms with van der Waals surface area (Å²) in [6, 6.07) is 0.464. The van der Waals surface area contributed by atoms with E-state index in [-0.39, 0.29) is 0 Å². The Morgan fingerprint density at radius 3 is 3.21 bits per heavy atom. The molecule has 0 unspecified atom stereocenters. The van der Waals surface area contributed by atoms with E-state index in [0.717, 1.165) is 13.1 Å². The van der Waals surface area contributed by atoms with E-state index < -0.39 is 0 Å². The summed E-state index contributed by atoms with van der Waals surface area (Å²) in [5.41, 5.74) is 5.68. The Balaban J connectivity index is 1.97. The maximum absolute atomic E-state index is 5.68. The van der Waals surface area contributed by atoms with E-state index in [1.807, 2.05) is 11.6 Å². The number of nitrogens with two attached hydrogens (primary N) is 1. The molecule has 0 amide bonds. The normalized spacial score (nSPS) is 25.4. The number of likely N-dealkylation sites (tertiary alicyclic amines) is 1. The minimum Gasteiger partial charge on any atom is -0.330 e. The molecule has 1 aromatic rings. The van der Waals surface area contributed by atoms with Gasteiger partial charge in [0.15, 0.2) is 0 Å². The van der Waals surface area contributed by atoms with Crippen molar-refractivity contribution < 1.29 is 0 Å². The monoisotopic (exact) mass is 211 g/mol. The molecule has 2 rings (SSSR count). The zero-order valence-corrected chi connectivity index (χ0v) is 9.33. The SMILES string of the molecule is C[C@H](c1nccs1)N1CC[C@@H](CN)C1. The Hall–Kier alpha value is -0.450. The molecule has 0 aliphatic carbocycles. The second kappa shape index (κ2) is 4.38. The number of hydrogen-bond acceptors (Lipinski definition) is 4. The molecule has 1 saturated heterocycles. The maximum atomic E-state index is 5.68. The van der Waals surface area contributed by atoms with Gasteiger partial charge in [-0.1, -0.05) is 0 Å². The third-order valence-electron chi connectivity index (χ3n) is 3.01. The Morgan fingerprint density at radius 1 is 1.79 bits per heavy atom. The van der Waals surface area contributed by atoms with Crippen LogP contribution in [0.15, 0.2) is 11.6 Å². The lowest BCUT2D eigenvalue weighted by Gasteiger charge is -2.22. The lowest BCUT2D eigenvalue weighted by atomic mass is 10.1. The summed E-state index contributed by atoms with van der Waals surface area (Å²) in [5, 5.41) is 3.27. The minimum atomic E-state index is 0.464. The summed E-state index contributed by atoms with van der Waals surface area (Å²) in [4.78, 5) is 6.84. The highest BCUT2D eigenvalue weighted by Crippen LogP contribution is 2.27. The fourth-order valence-electron chi connectivity index (χ4n) is 2.00. The first-order chi connectivity index (χ1) is 6.81. The molecule has 2 heterocycles. The quantitative estimate of drug-likeness (QED) is 0.823. The Labute approximate surface area is 88.9 Å². The van der Waals surface area contributed by atoms with E-state index in [1.165, 1.54) is 18.0 Å². The van der Waals surface area contributed by atoms with Gasteiger partial charge in [-0.2, -0.15) is 0 Å². The van der Waals surface area contributed by atoms with Crippen LogP contribution in [-0.4, -0.2) is 29.5 Å². The second-order valence-electron chi connectivity index (χ2n) is 3.93. The van der Waals surface area contributed by atoms with Crippen molar-refractivity contribution in [2.75, 3.05) is 19.6 Å². The summed E-state index contributed by atoms with van der Waals surface area (Å²) in [5.74, 6) is 0.692. The Bertz CT molecular complexity index is 273. The van der Waals surface area contributed by atoms with Crippen molar-refractivity contribution in [1.82, 2.24) is 9.88 Å². The van der Waals surface area contributed by atoms with Crippen LogP contribution in [0.5, 0.6) is 0 Å². The Morgan fingerprint density at radius 2 is 2.64 bits per heavy atom. The number of hydrogen-bond donors (Lipinski definition) is 1. The molecule has 1 aromatic heterocycles. The first-order valence-electron chi connectivity index (χ1n) is 5.14. The number of rotatable bonds is 3. The summed E-state index contributed by atoms with van der Waals surface area (Å²) in [6.07, 6.45) is 3.12. The molecule has 78 valence electrons. The molecule has 0 bridgehead atoms. The van der Waals surface area contributed by atoms with Gasteiger partial charge in [-0.3, -0.25) is 4.90 Å². The Kier molecular flexibility index (Phi) is 3.15. The lowest BCUT2D eigenvalue weighted by Crippen LogP contribution is -2.26. The zero-order chi connectivity index (χ0) is 9.97. The summed E-state index contributed by atoms with van der Waals surface area (Å²) < 4.78 is 0. The average Bonchev–Trinajstić information content (AvgIpc) is 2.88. The van der Waals surface area contributed by atoms with Gasteiger partial charge in [0.2, 0.25) is 0 Å². The van der Waals surface area contributed by atoms with Crippen LogP contribution < -0.4 is 5.73 Å². The van der Waals surface area contributed by atoms with Gasteiger partial charge in [0.1, 0.15) is 5.01 Å². The van der Waals surface area contributed by atoms with E-state index in [0.29, 0.717) is 12.0 Å². The van der Waals surface area contributed by atoms with Gasteiger partial charge in [-0.15, -0.1) is 11.3 Å². The van der Waals surface area contributed by atoms with Crippen molar-refractivity contribution in [3.05, 3.63) is 16.6 Å². The average molecular weight is 211 g/mol. The molecule has 0 spiro atoms. The predicted octanol–water partition coefficient (Wildman–Crippen LogP) is 1.48. The molecule has 0 radical (unpaired) electrons. The molecule has 0 aromatic carbocycles. The highest BCUT2D eigenvalue weighted by Gasteiger charge is 2.26. The van der Waals surface area contributed by atoms with Gasteiger partial charge in [0.05, 0.1) is 6.04 Å². The molecule has 4 heteroatoms. The molecule has 14 heavy (non-hydrogen) atoms. The van der Waals surface area contributed by atoms with Gasteiger partial charge in [0.25, 0.3) is 0 Å². The van der Waals surface area contributed by atoms with Crippen LogP contribution in [0, 0.1) is 5.92 Å². The maximum Gasteiger partial charge on any atom is 0.109 e. The van der Waals surface area contributed by atoms with Crippen LogP contribution in [0.2, 0.25) is 0 Å². The van der Waals surface area contributed by atoms with Gasteiger partial charge >= 0.3 is 0 Å². The number of thiazole rings is 1. The molecular weight excluding hydrogens is 194 g/mol. The van der Waals surface area contributed by atoms with Crippen LogP contribution in [0.1, 0.15) is 24.4 Å². The van der Waals surface area contributed by atoms with Crippen molar-refractivity contribution >= 4 is 11.3 Å². The molecule has 1 aliphatic rings. The molecule has 2 atom stereocenters. The van der Waals surface area contributed by atoms with Crippen LogP contribution in [-0.2, 0) is 0 Å². The van der Waals surface area contributed by atoms with E-state index in [1.54, 1.807) is 11.3 Å². The highest BCUT2D eigenvalue weighted by atomic mass is 32.1. The highest BCUT2D eigenvalue weighted by molar-refractivity contribution is 7.09. The van der Waals surface area contributed by atoms with Gasteiger partial charge in [-0.25, -0.2) is 4.98 Å². The van der Waals surface area contributed by atoms with Crippen molar-refractivity contribution in [2.24, 2.45) is 11.7 Å². The number of aromatic nitrogens is 1. The first-order valence-corrected chi connectivity index (χ1v) is 6.02. The molecule has 0 saturated carbocycles. The topological polar surface area (TPSA) is 42.2 Å². The predicted molar refractivity (Wildman–Crippen MR) is 59.3 cm³/mol. The largest absolute Gasteiger partial charge is 0.330 e. The van der Waals surface area contributed by atoms with Crippen LogP contribution >= 0.6 is 11.3 Å². The van der Waals surface area contributed by atoms with Crippen molar-refractivity contribution in [2.45, 2.75) is 19.4 Å². The molecule has 3 nitrogen and oxygen atoms in total. The van der Waals surface area contributed by atoms with Crippen LogP contribution in [0.25, 0.3) is 0 Å². The molecular formula is C10H17N3S. The second-order valence-corrected chi connectivity index (χ2v) is 4.86. The molecule has 1 fully saturated rings. The first kappa shape index (κ1) is 10.1. The third kappa shape index (κ3) is 1.97. The number of nitrogens with zero attached hydrogens (tertiary/aromatic N) is 2. The van der Waals surface area contributed by atoms with Crippen LogP contribution in [0.4, 0.5) is 0 Å². The van der Waals surface area contributed by atoms with Gasteiger partial charge in [-0.05, 0) is 32.4 Å². The van der Waals surface area contributed by atoms with E-state index >= 15 is 0 Å². The van der Waals surface area contributed by atoms with Crippen molar-refractivity contribution in [1.29, 1.82) is 0 Å². The molecule has 1 aliphatic heterocycles. The fourth-order valence-corrected chi connectivity index (χ4v) is 2.73. The minimum absolute atomic E-state index is 0.464. The lowest BCUT2D eigenvalue weighted by molar-refractivity contribution is 0.253. The third-order valence-corrected chi connectivity index (χ3v) is 3.95. The zero-order valence-electron chi connectivity index (χ0n) is 8.52. The molecule has 2 N–H and O–H groups in total.